The molecule has 0 saturated carbocycles. The summed E-state index contributed by atoms with van der Waals surface area (Å²) in [5.41, 5.74) is 3.43. The molecule has 3 aromatic rings. The van der Waals surface area contributed by atoms with Crippen LogP contribution in [0.2, 0.25) is 0 Å². The largest absolute Gasteiger partial charge is 0.493 e. The molecule has 4 heterocycles. The van der Waals surface area contributed by atoms with Crippen LogP contribution in [0.15, 0.2) is 21.2 Å². The third kappa shape index (κ3) is 3.11. The molecule has 2 aliphatic rings. The van der Waals surface area contributed by atoms with E-state index in [4.69, 9.17) is 28.2 Å². The average Bonchev–Trinajstić information content (AvgIpc) is 3.49. The van der Waals surface area contributed by atoms with Crippen LogP contribution in [-0.4, -0.2) is 40.6 Å². The average molecular weight is 398 g/mol. The molecule has 0 aliphatic carbocycles. The first-order chi connectivity index (χ1) is 14.1. The topological polar surface area (TPSA) is 95.9 Å². The standard InChI is InChI=1S/C20H22N4O5/c1-11-18(23-29-22-11)15-5-4-6-24(15)9-14-12(2)28-20(21-14)13-7-16(25-3)19-17(8-13)26-10-27-19/h7-8,15H,4-6,9-10H2,1-3H3. The fourth-order valence-corrected chi connectivity index (χ4v) is 4.01. The molecular weight excluding hydrogens is 376 g/mol. The molecule has 1 aromatic carbocycles. The van der Waals surface area contributed by atoms with Crippen LogP contribution in [0.5, 0.6) is 17.2 Å². The second-order valence-corrected chi connectivity index (χ2v) is 7.30. The summed E-state index contributed by atoms with van der Waals surface area (Å²) in [6.45, 7) is 5.68. The van der Waals surface area contributed by atoms with Gasteiger partial charge in [-0.15, -0.1) is 0 Å². The second-order valence-electron chi connectivity index (χ2n) is 7.30. The maximum absolute atomic E-state index is 5.98. The van der Waals surface area contributed by atoms with E-state index in [2.05, 4.69) is 15.2 Å². The van der Waals surface area contributed by atoms with Crippen molar-refractivity contribution in [1.82, 2.24) is 20.2 Å². The summed E-state index contributed by atoms with van der Waals surface area (Å²) in [5, 5.41) is 8.03. The molecule has 2 aliphatic heterocycles. The lowest BCUT2D eigenvalue weighted by Gasteiger charge is -2.21. The summed E-state index contributed by atoms with van der Waals surface area (Å²) in [6, 6.07) is 3.90. The fraction of sp³-hybridized carbons (Fsp3) is 0.450. The number of aryl methyl sites for hydroxylation is 2. The van der Waals surface area contributed by atoms with Crippen molar-refractivity contribution in [2.24, 2.45) is 0 Å². The number of aromatic nitrogens is 3. The first kappa shape index (κ1) is 18.0. The van der Waals surface area contributed by atoms with Crippen LogP contribution in [0.1, 0.15) is 41.7 Å². The van der Waals surface area contributed by atoms with E-state index >= 15 is 0 Å². The van der Waals surface area contributed by atoms with Gasteiger partial charge in [-0.3, -0.25) is 4.90 Å². The van der Waals surface area contributed by atoms with Crippen LogP contribution in [-0.2, 0) is 6.54 Å². The molecule has 2 aromatic heterocycles. The highest BCUT2D eigenvalue weighted by molar-refractivity contribution is 5.66. The minimum absolute atomic E-state index is 0.178. The summed E-state index contributed by atoms with van der Waals surface area (Å²) in [4.78, 5) is 7.11. The lowest BCUT2D eigenvalue weighted by molar-refractivity contribution is 0.171. The summed E-state index contributed by atoms with van der Waals surface area (Å²) in [5.74, 6) is 3.16. The first-order valence-corrected chi connectivity index (χ1v) is 9.61. The van der Waals surface area contributed by atoms with E-state index in [0.29, 0.717) is 29.7 Å². The molecule has 9 heteroatoms. The first-order valence-electron chi connectivity index (χ1n) is 9.61. The Hall–Kier alpha value is -3.07. The monoisotopic (exact) mass is 398 g/mol. The van der Waals surface area contributed by atoms with Crippen molar-refractivity contribution >= 4 is 0 Å². The summed E-state index contributed by atoms with van der Waals surface area (Å²) in [7, 11) is 1.60. The zero-order valence-corrected chi connectivity index (χ0v) is 16.6. The summed E-state index contributed by atoms with van der Waals surface area (Å²) >= 11 is 0. The van der Waals surface area contributed by atoms with E-state index in [1.807, 2.05) is 26.0 Å². The van der Waals surface area contributed by atoms with Crippen LogP contribution >= 0.6 is 0 Å². The highest BCUT2D eigenvalue weighted by atomic mass is 16.7. The van der Waals surface area contributed by atoms with Gasteiger partial charge in [-0.2, -0.15) is 0 Å². The van der Waals surface area contributed by atoms with Gasteiger partial charge in [0, 0.05) is 12.1 Å². The highest BCUT2D eigenvalue weighted by Gasteiger charge is 2.31. The third-order valence-electron chi connectivity index (χ3n) is 5.52. The molecule has 5 rings (SSSR count). The van der Waals surface area contributed by atoms with Crippen molar-refractivity contribution in [3.63, 3.8) is 0 Å². The van der Waals surface area contributed by atoms with Gasteiger partial charge in [0.1, 0.15) is 17.1 Å². The van der Waals surface area contributed by atoms with E-state index in [9.17, 15) is 0 Å². The molecule has 1 fully saturated rings. The molecule has 0 amide bonds. The Morgan fingerprint density at radius 1 is 1.21 bits per heavy atom. The summed E-state index contributed by atoms with van der Waals surface area (Å²) < 4.78 is 27.3. The van der Waals surface area contributed by atoms with Crippen LogP contribution in [0, 0.1) is 13.8 Å². The molecular formula is C20H22N4O5. The minimum Gasteiger partial charge on any atom is -0.493 e. The van der Waals surface area contributed by atoms with Gasteiger partial charge >= 0.3 is 0 Å². The Balaban J connectivity index is 1.42. The minimum atomic E-state index is 0.178. The molecule has 0 spiro atoms. The van der Waals surface area contributed by atoms with Gasteiger partial charge in [0.2, 0.25) is 18.4 Å². The smallest absolute Gasteiger partial charge is 0.231 e. The molecule has 29 heavy (non-hydrogen) atoms. The van der Waals surface area contributed by atoms with Crippen molar-refractivity contribution in [3.05, 3.63) is 35.0 Å². The molecule has 0 radical (unpaired) electrons. The molecule has 152 valence electrons. The van der Waals surface area contributed by atoms with Crippen molar-refractivity contribution in [1.29, 1.82) is 0 Å². The molecule has 0 bridgehead atoms. The Morgan fingerprint density at radius 2 is 2.10 bits per heavy atom. The van der Waals surface area contributed by atoms with Gasteiger partial charge in [-0.1, -0.05) is 10.3 Å². The van der Waals surface area contributed by atoms with E-state index in [1.165, 1.54) is 0 Å². The summed E-state index contributed by atoms with van der Waals surface area (Å²) in [6.07, 6.45) is 2.12. The normalized spacial score (nSPS) is 18.5. The number of rotatable bonds is 5. The van der Waals surface area contributed by atoms with E-state index in [-0.39, 0.29) is 12.8 Å². The van der Waals surface area contributed by atoms with Gasteiger partial charge in [0.25, 0.3) is 0 Å². The van der Waals surface area contributed by atoms with Crippen LogP contribution in [0.4, 0.5) is 0 Å². The Bertz CT molecular complexity index is 1040. The zero-order chi connectivity index (χ0) is 20.0. The Labute approximate surface area is 167 Å². The van der Waals surface area contributed by atoms with Gasteiger partial charge < -0.3 is 18.6 Å². The van der Waals surface area contributed by atoms with Crippen molar-refractivity contribution in [2.45, 2.75) is 39.3 Å². The van der Waals surface area contributed by atoms with Gasteiger partial charge in [-0.05, 0) is 45.4 Å². The number of hydrogen-bond donors (Lipinski definition) is 0. The number of oxazole rings is 1. The fourth-order valence-electron chi connectivity index (χ4n) is 4.01. The maximum Gasteiger partial charge on any atom is 0.231 e. The van der Waals surface area contributed by atoms with E-state index in [0.717, 1.165) is 47.8 Å². The van der Waals surface area contributed by atoms with Crippen LogP contribution in [0.25, 0.3) is 11.5 Å². The van der Waals surface area contributed by atoms with Gasteiger partial charge in [0.05, 0.1) is 18.8 Å². The molecule has 1 unspecified atom stereocenters. The molecule has 1 saturated heterocycles. The van der Waals surface area contributed by atoms with Crippen molar-refractivity contribution < 1.29 is 23.3 Å². The molecule has 1 atom stereocenters. The van der Waals surface area contributed by atoms with Crippen molar-refractivity contribution in [3.8, 4) is 28.7 Å². The number of methoxy groups -OCH3 is 1. The maximum atomic E-state index is 5.98. The predicted molar refractivity (Wildman–Crippen MR) is 101 cm³/mol. The third-order valence-corrected chi connectivity index (χ3v) is 5.52. The lowest BCUT2D eigenvalue weighted by atomic mass is 10.1. The van der Waals surface area contributed by atoms with E-state index in [1.54, 1.807) is 7.11 Å². The zero-order valence-electron chi connectivity index (χ0n) is 16.6. The Kier molecular flexibility index (Phi) is 4.39. The predicted octanol–water partition coefficient (Wildman–Crippen LogP) is 3.42. The number of benzene rings is 1. The lowest BCUT2D eigenvalue weighted by Crippen LogP contribution is -2.24. The molecule has 9 nitrogen and oxygen atoms in total. The van der Waals surface area contributed by atoms with Crippen LogP contribution < -0.4 is 14.2 Å². The molecule has 0 N–H and O–H groups in total. The number of fused-ring (bicyclic) bond motifs is 1. The number of ether oxygens (including phenoxy) is 3. The van der Waals surface area contributed by atoms with E-state index < -0.39 is 0 Å². The Morgan fingerprint density at radius 3 is 2.90 bits per heavy atom. The van der Waals surface area contributed by atoms with Crippen molar-refractivity contribution in [2.75, 3.05) is 20.4 Å². The quantitative estimate of drug-likeness (QED) is 0.640. The number of nitrogens with zero attached hydrogens (tertiary/aromatic N) is 4. The van der Waals surface area contributed by atoms with Crippen LogP contribution in [0.3, 0.4) is 0 Å². The number of hydrogen-bond acceptors (Lipinski definition) is 9. The SMILES string of the molecule is COc1cc(-c2nc(CN3CCCC3c3nonc3C)c(C)o2)cc2c1OCO2. The number of likely N-dealkylation sites (tertiary alicyclic amines) is 1. The van der Waals surface area contributed by atoms with Gasteiger partial charge in [-0.25, -0.2) is 9.61 Å². The second kappa shape index (κ2) is 7.07. The highest BCUT2D eigenvalue weighted by Crippen LogP contribution is 2.44. The van der Waals surface area contributed by atoms with Gasteiger partial charge in [0.15, 0.2) is 11.5 Å².